The molecule has 0 bridgehead atoms. The molecule has 0 atom stereocenters. The number of halogens is 2. The Morgan fingerprint density at radius 3 is 2.76 bits per heavy atom. The highest BCUT2D eigenvalue weighted by Gasteiger charge is 2.21. The second kappa shape index (κ2) is 5.61. The maximum atomic E-state index is 13.5. The normalized spacial score (nSPS) is 17.1. The summed E-state index contributed by atoms with van der Waals surface area (Å²) >= 11 is 5.67. The average molecular weight is 256 g/mol. The van der Waals surface area contributed by atoms with E-state index in [1.807, 2.05) is 0 Å². The second-order valence-electron chi connectivity index (χ2n) is 4.40. The summed E-state index contributed by atoms with van der Waals surface area (Å²) in [4.78, 5) is 12.0. The van der Waals surface area contributed by atoms with Crippen LogP contribution in [-0.2, 0) is 11.2 Å². The third-order valence-electron chi connectivity index (χ3n) is 3.17. The molecule has 0 spiro atoms. The molecule has 1 heterocycles. The van der Waals surface area contributed by atoms with Crippen LogP contribution in [0.4, 0.5) is 4.39 Å². The van der Waals surface area contributed by atoms with Gasteiger partial charge in [0, 0.05) is 17.4 Å². The highest BCUT2D eigenvalue weighted by Crippen LogP contribution is 2.19. The molecule has 1 aromatic carbocycles. The minimum absolute atomic E-state index is 0.0753. The molecule has 1 aromatic rings. The van der Waals surface area contributed by atoms with Crippen LogP contribution in [-0.4, -0.2) is 18.9 Å². The van der Waals surface area contributed by atoms with Crippen LogP contribution in [0.3, 0.4) is 0 Å². The smallest absolute Gasteiger partial charge is 0.140 e. The third-order valence-corrected chi connectivity index (χ3v) is 3.41. The third kappa shape index (κ3) is 3.27. The van der Waals surface area contributed by atoms with Crippen molar-refractivity contribution in [3.8, 4) is 0 Å². The number of hydrogen-bond donors (Lipinski definition) is 1. The Morgan fingerprint density at radius 1 is 1.41 bits per heavy atom. The molecule has 0 unspecified atom stereocenters. The van der Waals surface area contributed by atoms with E-state index in [4.69, 9.17) is 11.6 Å². The van der Waals surface area contributed by atoms with E-state index in [-0.39, 0.29) is 23.9 Å². The SMILES string of the molecule is O=C(Cc1ccc(Cl)cc1F)C1CCNCC1. The van der Waals surface area contributed by atoms with Crippen molar-refractivity contribution >= 4 is 17.4 Å². The Balaban J connectivity index is 2.02. The van der Waals surface area contributed by atoms with Crippen molar-refractivity contribution in [1.29, 1.82) is 0 Å². The van der Waals surface area contributed by atoms with Crippen LogP contribution in [0.25, 0.3) is 0 Å². The summed E-state index contributed by atoms with van der Waals surface area (Å²) in [6.45, 7) is 1.75. The van der Waals surface area contributed by atoms with Crippen molar-refractivity contribution in [2.45, 2.75) is 19.3 Å². The number of carbonyl (C=O) groups is 1. The first-order valence-corrected chi connectivity index (χ1v) is 6.22. The zero-order valence-corrected chi connectivity index (χ0v) is 10.3. The van der Waals surface area contributed by atoms with E-state index >= 15 is 0 Å². The molecule has 2 rings (SSSR count). The van der Waals surface area contributed by atoms with E-state index in [1.165, 1.54) is 6.07 Å². The topological polar surface area (TPSA) is 29.1 Å². The van der Waals surface area contributed by atoms with E-state index in [0.29, 0.717) is 10.6 Å². The Hall–Kier alpha value is -0.930. The molecule has 1 aliphatic rings. The maximum Gasteiger partial charge on any atom is 0.140 e. The summed E-state index contributed by atoms with van der Waals surface area (Å²) in [5.74, 6) is -0.182. The van der Waals surface area contributed by atoms with Gasteiger partial charge in [0.05, 0.1) is 0 Å². The van der Waals surface area contributed by atoms with Gasteiger partial charge >= 0.3 is 0 Å². The van der Waals surface area contributed by atoms with Gasteiger partial charge in [-0.1, -0.05) is 17.7 Å². The zero-order chi connectivity index (χ0) is 12.3. The molecule has 0 radical (unpaired) electrons. The molecule has 1 fully saturated rings. The molecule has 2 nitrogen and oxygen atoms in total. The van der Waals surface area contributed by atoms with Crippen molar-refractivity contribution in [2.24, 2.45) is 5.92 Å². The quantitative estimate of drug-likeness (QED) is 0.900. The number of nitrogens with one attached hydrogen (secondary N) is 1. The highest BCUT2D eigenvalue weighted by atomic mass is 35.5. The van der Waals surface area contributed by atoms with Crippen LogP contribution >= 0.6 is 11.6 Å². The van der Waals surface area contributed by atoms with E-state index in [1.54, 1.807) is 12.1 Å². The summed E-state index contributed by atoms with van der Waals surface area (Å²) in [7, 11) is 0. The van der Waals surface area contributed by atoms with E-state index in [9.17, 15) is 9.18 Å². The van der Waals surface area contributed by atoms with Crippen LogP contribution in [0.1, 0.15) is 18.4 Å². The number of ketones is 1. The van der Waals surface area contributed by atoms with Crippen LogP contribution in [0, 0.1) is 11.7 Å². The van der Waals surface area contributed by atoms with Gasteiger partial charge in [0.1, 0.15) is 11.6 Å². The van der Waals surface area contributed by atoms with Crippen molar-refractivity contribution < 1.29 is 9.18 Å². The molecule has 0 saturated carbocycles. The molecule has 1 saturated heterocycles. The molecule has 1 aliphatic heterocycles. The summed E-state index contributed by atoms with van der Waals surface area (Å²) in [5, 5.41) is 3.57. The fourth-order valence-electron chi connectivity index (χ4n) is 2.14. The van der Waals surface area contributed by atoms with Gasteiger partial charge in [-0.2, -0.15) is 0 Å². The van der Waals surface area contributed by atoms with Crippen LogP contribution in [0.2, 0.25) is 5.02 Å². The standard InChI is InChI=1S/C13H15ClFNO/c14-11-2-1-10(12(15)8-11)7-13(17)9-3-5-16-6-4-9/h1-2,8-9,16H,3-7H2. The number of piperidine rings is 1. The lowest BCUT2D eigenvalue weighted by atomic mass is 9.90. The van der Waals surface area contributed by atoms with Gasteiger partial charge in [-0.3, -0.25) is 4.79 Å². The Morgan fingerprint density at radius 2 is 2.12 bits per heavy atom. The largest absolute Gasteiger partial charge is 0.317 e. The molecule has 17 heavy (non-hydrogen) atoms. The Labute approximate surface area is 105 Å². The number of hydrogen-bond acceptors (Lipinski definition) is 2. The zero-order valence-electron chi connectivity index (χ0n) is 9.51. The van der Waals surface area contributed by atoms with Crippen molar-refractivity contribution in [2.75, 3.05) is 13.1 Å². The van der Waals surface area contributed by atoms with Crippen LogP contribution in [0.5, 0.6) is 0 Å². The Bertz CT molecular complexity index is 416. The maximum absolute atomic E-state index is 13.5. The minimum atomic E-state index is -0.389. The Kier molecular flexibility index (Phi) is 4.13. The van der Waals surface area contributed by atoms with Gasteiger partial charge in [-0.05, 0) is 43.6 Å². The molecule has 92 valence electrons. The molecule has 4 heteroatoms. The van der Waals surface area contributed by atoms with E-state index < -0.39 is 0 Å². The molecular weight excluding hydrogens is 241 g/mol. The number of benzene rings is 1. The molecule has 1 N–H and O–H groups in total. The summed E-state index contributed by atoms with van der Waals surface area (Å²) < 4.78 is 13.5. The number of carbonyl (C=O) groups excluding carboxylic acids is 1. The van der Waals surface area contributed by atoms with Crippen molar-refractivity contribution in [1.82, 2.24) is 5.32 Å². The van der Waals surface area contributed by atoms with E-state index in [2.05, 4.69) is 5.32 Å². The predicted octanol–water partition coefficient (Wildman–Crippen LogP) is 2.59. The molecular formula is C13H15ClFNO. The predicted molar refractivity (Wildman–Crippen MR) is 65.7 cm³/mol. The summed E-state index contributed by atoms with van der Waals surface area (Å²) in [5.41, 5.74) is 0.443. The number of Topliss-reactive ketones (excluding diaryl/α,β-unsaturated/α-hetero) is 1. The van der Waals surface area contributed by atoms with Crippen molar-refractivity contribution in [3.05, 3.63) is 34.6 Å². The monoisotopic (exact) mass is 255 g/mol. The van der Waals surface area contributed by atoms with Crippen LogP contribution < -0.4 is 5.32 Å². The van der Waals surface area contributed by atoms with Gasteiger partial charge in [-0.25, -0.2) is 4.39 Å². The first-order chi connectivity index (χ1) is 8.16. The fourth-order valence-corrected chi connectivity index (χ4v) is 2.30. The fraction of sp³-hybridized carbons (Fsp3) is 0.462. The lowest BCUT2D eigenvalue weighted by Gasteiger charge is -2.21. The molecule has 0 aromatic heterocycles. The van der Waals surface area contributed by atoms with Gasteiger partial charge in [0.15, 0.2) is 0 Å². The summed E-state index contributed by atoms with van der Waals surface area (Å²) in [6, 6.07) is 4.47. The van der Waals surface area contributed by atoms with Gasteiger partial charge in [0.2, 0.25) is 0 Å². The van der Waals surface area contributed by atoms with Gasteiger partial charge < -0.3 is 5.32 Å². The second-order valence-corrected chi connectivity index (χ2v) is 4.84. The molecule has 0 amide bonds. The minimum Gasteiger partial charge on any atom is -0.317 e. The lowest BCUT2D eigenvalue weighted by molar-refractivity contribution is -0.122. The lowest BCUT2D eigenvalue weighted by Crippen LogP contribution is -2.32. The average Bonchev–Trinajstić information content (AvgIpc) is 2.34. The van der Waals surface area contributed by atoms with E-state index in [0.717, 1.165) is 25.9 Å². The summed E-state index contributed by atoms with van der Waals surface area (Å²) in [6.07, 6.45) is 1.88. The number of rotatable bonds is 3. The first-order valence-electron chi connectivity index (χ1n) is 5.84. The highest BCUT2D eigenvalue weighted by molar-refractivity contribution is 6.30. The van der Waals surface area contributed by atoms with Crippen LogP contribution in [0.15, 0.2) is 18.2 Å². The van der Waals surface area contributed by atoms with Crippen molar-refractivity contribution in [3.63, 3.8) is 0 Å². The molecule has 0 aliphatic carbocycles. The van der Waals surface area contributed by atoms with Gasteiger partial charge in [-0.15, -0.1) is 0 Å². The first kappa shape index (κ1) is 12.5. The van der Waals surface area contributed by atoms with Gasteiger partial charge in [0.25, 0.3) is 0 Å².